The number of benzene rings is 5. The van der Waals surface area contributed by atoms with E-state index in [-0.39, 0.29) is 11.8 Å². The Balaban J connectivity index is 1.55. The largest absolute Gasteiger partial charge is 0.464 e. The van der Waals surface area contributed by atoms with Crippen LogP contribution in [0.2, 0.25) is 0 Å². The number of hydrogen-bond donors (Lipinski definition) is 0. The molecule has 3 aliphatic rings. The quantitative estimate of drug-likeness (QED) is 0.262. The fraction of sp³-hybridized carbons (Fsp3) is 0.188. The second-order valence-corrected chi connectivity index (χ2v) is 9.99. The van der Waals surface area contributed by atoms with Crippen molar-refractivity contribution in [2.75, 3.05) is 7.11 Å². The van der Waals surface area contributed by atoms with Gasteiger partial charge in [-0.25, -0.2) is 0 Å². The Morgan fingerprint density at radius 2 is 1.28 bits per heavy atom. The van der Waals surface area contributed by atoms with Gasteiger partial charge in [0.25, 0.3) is 5.79 Å². The van der Waals surface area contributed by atoms with Crippen LogP contribution in [0.3, 0.4) is 0 Å². The maximum absolute atomic E-state index is 7.00. The highest BCUT2D eigenvalue weighted by Crippen LogP contribution is 2.64. The van der Waals surface area contributed by atoms with E-state index in [2.05, 4.69) is 91.9 Å². The molecular weight excluding hydrogens is 448 g/mol. The lowest BCUT2D eigenvalue weighted by Crippen LogP contribution is -2.61. The molecule has 0 N–H and O–H groups in total. The van der Waals surface area contributed by atoms with Crippen molar-refractivity contribution in [3.63, 3.8) is 0 Å². The van der Waals surface area contributed by atoms with E-state index in [1.807, 2.05) is 6.07 Å². The van der Waals surface area contributed by atoms with Gasteiger partial charge in [-0.05, 0) is 52.7 Å². The third-order valence-electron chi connectivity index (χ3n) is 8.08. The number of rotatable bonds is 1. The monoisotopic (exact) mass is 472 g/mol. The van der Waals surface area contributed by atoms with E-state index < -0.39 is 12.1 Å². The van der Waals surface area contributed by atoms with Gasteiger partial charge in [0, 0.05) is 24.2 Å². The molecule has 0 spiro atoms. The van der Waals surface area contributed by atoms with Gasteiger partial charge in [0.2, 0.25) is 6.29 Å². The Kier molecular flexibility index (Phi) is 3.94. The molecule has 176 valence electrons. The molecule has 4 heteroatoms. The molecule has 0 radical (unpaired) electrons. The van der Waals surface area contributed by atoms with Crippen LogP contribution in [0.1, 0.15) is 28.2 Å². The second kappa shape index (κ2) is 7.02. The van der Waals surface area contributed by atoms with Crippen molar-refractivity contribution in [1.82, 2.24) is 0 Å². The third kappa shape index (κ3) is 2.47. The Hall–Kier alpha value is -4.02. The van der Waals surface area contributed by atoms with Gasteiger partial charge in [-0.2, -0.15) is 0 Å². The van der Waals surface area contributed by atoms with Crippen molar-refractivity contribution < 1.29 is 18.9 Å². The maximum atomic E-state index is 7.00. The van der Waals surface area contributed by atoms with E-state index in [4.69, 9.17) is 18.9 Å². The van der Waals surface area contributed by atoms with Crippen LogP contribution >= 0.6 is 0 Å². The van der Waals surface area contributed by atoms with Crippen molar-refractivity contribution in [2.45, 2.75) is 24.9 Å². The van der Waals surface area contributed by atoms with Crippen LogP contribution in [0.4, 0.5) is 0 Å². The molecule has 5 aromatic carbocycles. The van der Waals surface area contributed by atoms with Crippen molar-refractivity contribution in [3.05, 3.63) is 113 Å². The van der Waals surface area contributed by atoms with Crippen LogP contribution in [-0.2, 0) is 10.5 Å². The molecule has 0 aromatic heterocycles. The highest BCUT2D eigenvalue weighted by molar-refractivity contribution is 5.93. The zero-order valence-corrected chi connectivity index (χ0v) is 20.0. The van der Waals surface area contributed by atoms with Crippen LogP contribution < -0.4 is 14.2 Å². The Labute approximate surface area is 209 Å². The number of ether oxygens (including phenoxy) is 4. The lowest BCUT2D eigenvalue weighted by molar-refractivity contribution is -0.265. The van der Waals surface area contributed by atoms with Gasteiger partial charge in [-0.15, -0.1) is 0 Å². The van der Waals surface area contributed by atoms with Crippen molar-refractivity contribution in [1.29, 1.82) is 0 Å². The average molecular weight is 473 g/mol. The fourth-order valence-corrected chi connectivity index (χ4v) is 6.62. The Bertz CT molecular complexity index is 1620. The molecule has 36 heavy (non-hydrogen) atoms. The summed E-state index contributed by atoms with van der Waals surface area (Å²) < 4.78 is 26.6. The molecule has 0 saturated carbocycles. The first-order chi connectivity index (χ1) is 17.7. The number of fused-ring (bicyclic) bond motifs is 9. The molecule has 0 unspecified atom stereocenters. The summed E-state index contributed by atoms with van der Waals surface area (Å²) >= 11 is 0. The van der Waals surface area contributed by atoms with Crippen LogP contribution in [0.25, 0.3) is 21.5 Å². The van der Waals surface area contributed by atoms with Gasteiger partial charge >= 0.3 is 0 Å². The minimum atomic E-state index is -1.07. The average Bonchev–Trinajstić information content (AvgIpc) is 2.91. The molecule has 0 fully saturated rings. The predicted molar refractivity (Wildman–Crippen MR) is 139 cm³/mol. The summed E-state index contributed by atoms with van der Waals surface area (Å²) in [5, 5.41) is 4.73. The van der Waals surface area contributed by atoms with Crippen molar-refractivity contribution >= 4 is 21.5 Å². The zero-order valence-electron chi connectivity index (χ0n) is 20.0. The molecule has 5 aromatic rings. The molecule has 2 atom stereocenters. The smallest absolute Gasteiger partial charge is 0.291 e. The Morgan fingerprint density at radius 1 is 0.694 bits per heavy atom. The predicted octanol–water partition coefficient (Wildman–Crippen LogP) is 7.05. The number of hydrogen-bond acceptors (Lipinski definition) is 4. The lowest BCUT2D eigenvalue weighted by Gasteiger charge is -2.55. The number of methoxy groups -OCH3 is 1. The Morgan fingerprint density at radius 3 is 1.89 bits per heavy atom. The van der Waals surface area contributed by atoms with Gasteiger partial charge in [-0.1, -0.05) is 72.3 Å². The summed E-state index contributed by atoms with van der Waals surface area (Å²) in [4.78, 5) is 0. The van der Waals surface area contributed by atoms with E-state index in [9.17, 15) is 0 Å². The molecule has 8 rings (SSSR count). The molecular formula is C32H24O4. The topological polar surface area (TPSA) is 36.9 Å². The molecule has 0 saturated heterocycles. The minimum absolute atomic E-state index is 0.0617. The SMILES string of the molecule is CO[C@H]1Oc2ccc(C)cc2C23Oc4ccc5ccccc5c4C(c4c(ccc5ccccc45)O2)[C@H]13. The molecule has 0 aliphatic carbocycles. The summed E-state index contributed by atoms with van der Waals surface area (Å²) in [6, 6.07) is 31.7. The van der Waals surface area contributed by atoms with Gasteiger partial charge in [0.1, 0.15) is 23.2 Å². The highest BCUT2D eigenvalue weighted by Gasteiger charge is 2.65. The normalized spacial score (nSPS) is 25.0. The van der Waals surface area contributed by atoms with Crippen molar-refractivity contribution in [3.8, 4) is 17.2 Å². The zero-order chi connectivity index (χ0) is 24.0. The molecule has 4 nitrogen and oxygen atoms in total. The van der Waals surface area contributed by atoms with Gasteiger partial charge in [0.15, 0.2) is 0 Å². The summed E-state index contributed by atoms with van der Waals surface area (Å²) in [7, 11) is 1.70. The van der Waals surface area contributed by atoms with Crippen molar-refractivity contribution in [2.24, 2.45) is 5.92 Å². The lowest BCUT2D eigenvalue weighted by atomic mass is 9.67. The van der Waals surface area contributed by atoms with Crippen LogP contribution in [0.5, 0.6) is 17.2 Å². The first kappa shape index (κ1) is 20.2. The first-order valence-electron chi connectivity index (χ1n) is 12.4. The van der Waals surface area contributed by atoms with Gasteiger partial charge < -0.3 is 18.9 Å². The van der Waals surface area contributed by atoms with E-state index in [0.717, 1.165) is 39.5 Å². The maximum Gasteiger partial charge on any atom is 0.291 e. The van der Waals surface area contributed by atoms with Gasteiger partial charge in [-0.3, -0.25) is 0 Å². The fourth-order valence-electron chi connectivity index (χ4n) is 6.62. The first-order valence-corrected chi connectivity index (χ1v) is 12.4. The molecule has 3 heterocycles. The number of aryl methyl sites for hydroxylation is 1. The van der Waals surface area contributed by atoms with Crippen LogP contribution in [0, 0.1) is 12.8 Å². The summed E-state index contributed by atoms with van der Waals surface area (Å²) in [6.07, 6.45) is -0.551. The second-order valence-electron chi connectivity index (χ2n) is 9.99. The van der Waals surface area contributed by atoms with E-state index in [0.29, 0.717) is 0 Å². The highest BCUT2D eigenvalue weighted by atomic mass is 16.7. The molecule has 3 aliphatic heterocycles. The van der Waals surface area contributed by atoms with Crippen LogP contribution in [0.15, 0.2) is 91.0 Å². The standard InChI is InChI=1S/C32H24O4/c1-18-11-14-24-23(17-18)32-30(31(33-2)34-24)29(27-21-9-5-3-7-19(21)12-15-25(27)35-32)28-22-10-6-4-8-20(22)13-16-26(28)36-32/h3-17,29-31H,1-2H3/t29?,30-,31+,32?/m1/s1. The molecule has 0 amide bonds. The van der Waals surface area contributed by atoms with Crippen LogP contribution in [-0.4, -0.2) is 13.4 Å². The summed E-state index contributed by atoms with van der Waals surface area (Å²) in [5.74, 6) is 1.03. The van der Waals surface area contributed by atoms with Gasteiger partial charge in [0.05, 0.1) is 5.56 Å². The van der Waals surface area contributed by atoms with E-state index >= 15 is 0 Å². The molecule has 2 bridgehead atoms. The third-order valence-corrected chi connectivity index (χ3v) is 8.08. The summed E-state index contributed by atoms with van der Waals surface area (Å²) in [5.41, 5.74) is 4.36. The summed E-state index contributed by atoms with van der Waals surface area (Å²) in [6.45, 7) is 2.08. The van der Waals surface area contributed by atoms with E-state index in [1.54, 1.807) is 7.11 Å². The van der Waals surface area contributed by atoms with E-state index in [1.165, 1.54) is 21.5 Å². The minimum Gasteiger partial charge on any atom is -0.464 e.